The van der Waals surface area contributed by atoms with Crippen molar-refractivity contribution in [3.05, 3.63) is 57.6 Å². The van der Waals surface area contributed by atoms with E-state index >= 15 is 0 Å². The summed E-state index contributed by atoms with van der Waals surface area (Å²) in [6.45, 7) is 1.05. The van der Waals surface area contributed by atoms with Gasteiger partial charge in [0.05, 0.1) is 12.1 Å². The molecule has 118 valence electrons. The molecule has 0 heterocycles. The van der Waals surface area contributed by atoms with Crippen molar-refractivity contribution < 1.29 is 9.47 Å². The zero-order chi connectivity index (χ0) is 15.9. The summed E-state index contributed by atoms with van der Waals surface area (Å²) in [5.74, 6) is 1.39. The fourth-order valence-electron chi connectivity index (χ4n) is 2.15. The Kier molecular flexibility index (Phi) is 6.37. The monoisotopic (exact) mass is 339 g/mol. The first-order valence-electron chi connectivity index (χ1n) is 7.07. The summed E-state index contributed by atoms with van der Waals surface area (Å²) < 4.78 is 11.2. The Hall–Kier alpha value is -1.42. The van der Waals surface area contributed by atoms with Gasteiger partial charge < -0.3 is 15.2 Å². The molecular formula is C17H19Cl2NO2. The molecule has 2 aromatic carbocycles. The van der Waals surface area contributed by atoms with Crippen molar-refractivity contribution in [2.75, 3.05) is 13.7 Å². The maximum absolute atomic E-state index is 6.11. The molecule has 0 unspecified atom stereocenters. The Bertz CT molecular complexity index is 632. The molecule has 0 radical (unpaired) electrons. The summed E-state index contributed by atoms with van der Waals surface area (Å²) in [4.78, 5) is 0. The van der Waals surface area contributed by atoms with E-state index in [0.29, 0.717) is 28.9 Å². The van der Waals surface area contributed by atoms with Crippen LogP contribution < -0.4 is 15.2 Å². The van der Waals surface area contributed by atoms with Gasteiger partial charge in [0.2, 0.25) is 0 Å². The quantitative estimate of drug-likeness (QED) is 0.809. The van der Waals surface area contributed by atoms with Crippen LogP contribution in [-0.4, -0.2) is 13.7 Å². The van der Waals surface area contributed by atoms with Gasteiger partial charge in [-0.25, -0.2) is 0 Å². The van der Waals surface area contributed by atoms with Crippen molar-refractivity contribution in [2.45, 2.75) is 19.4 Å². The Morgan fingerprint density at radius 3 is 2.50 bits per heavy atom. The maximum Gasteiger partial charge on any atom is 0.138 e. The summed E-state index contributed by atoms with van der Waals surface area (Å²) in [5, 5.41) is 1.07. The van der Waals surface area contributed by atoms with E-state index in [1.165, 1.54) is 5.56 Å². The molecule has 2 rings (SSSR count). The lowest BCUT2D eigenvalue weighted by Crippen LogP contribution is -2.03. The number of hydrogen-bond donors (Lipinski definition) is 1. The second kappa shape index (κ2) is 8.28. The largest absolute Gasteiger partial charge is 0.496 e. The molecule has 0 saturated heterocycles. The lowest BCUT2D eigenvalue weighted by Gasteiger charge is -2.13. The minimum atomic E-state index is 0.376. The molecule has 0 bridgehead atoms. The fourth-order valence-corrected chi connectivity index (χ4v) is 2.62. The van der Waals surface area contributed by atoms with E-state index < -0.39 is 0 Å². The smallest absolute Gasteiger partial charge is 0.138 e. The van der Waals surface area contributed by atoms with Crippen LogP contribution in [0.15, 0.2) is 36.4 Å². The van der Waals surface area contributed by atoms with Gasteiger partial charge in [-0.05, 0) is 55.3 Å². The average molecular weight is 340 g/mol. The number of halogens is 2. The van der Waals surface area contributed by atoms with Gasteiger partial charge in [0.1, 0.15) is 18.1 Å². The third kappa shape index (κ3) is 4.54. The first-order chi connectivity index (χ1) is 10.6. The van der Waals surface area contributed by atoms with Gasteiger partial charge in [-0.2, -0.15) is 0 Å². The van der Waals surface area contributed by atoms with Crippen LogP contribution in [-0.2, 0) is 13.0 Å². The van der Waals surface area contributed by atoms with E-state index in [1.54, 1.807) is 25.3 Å². The van der Waals surface area contributed by atoms with E-state index in [-0.39, 0.29) is 0 Å². The van der Waals surface area contributed by atoms with E-state index in [9.17, 15) is 0 Å². The number of methoxy groups -OCH3 is 1. The molecule has 0 fully saturated rings. The zero-order valence-corrected chi connectivity index (χ0v) is 14.0. The summed E-state index contributed by atoms with van der Waals surface area (Å²) in [6.07, 6.45) is 1.89. The average Bonchev–Trinajstić information content (AvgIpc) is 2.52. The lowest BCUT2D eigenvalue weighted by atomic mass is 10.1. The number of ether oxygens (including phenoxy) is 2. The molecule has 0 aliphatic rings. The normalized spacial score (nSPS) is 10.5. The zero-order valence-electron chi connectivity index (χ0n) is 12.4. The highest BCUT2D eigenvalue weighted by atomic mass is 35.5. The van der Waals surface area contributed by atoms with Gasteiger partial charge in [0.15, 0.2) is 0 Å². The van der Waals surface area contributed by atoms with Crippen LogP contribution >= 0.6 is 23.2 Å². The Balaban J connectivity index is 2.13. The first kappa shape index (κ1) is 16.9. The fraction of sp³-hybridized carbons (Fsp3) is 0.294. The molecule has 0 saturated carbocycles. The number of aryl methyl sites for hydroxylation is 1. The van der Waals surface area contributed by atoms with Crippen LogP contribution in [0.4, 0.5) is 0 Å². The number of rotatable bonds is 7. The third-order valence-electron chi connectivity index (χ3n) is 3.29. The molecule has 0 aliphatic carbocycles. The van der Waals surface area contributed by atoms with E-state index in [4.69, 9.17) is 38.4 Å². The molecule has 22 heavy (non-hydrogen) atoms. The Labute approximate surface area is 140 Å². The highest BCUT2D eigenvalue weighted by molar-refractivity contribution is 6.35. The van der Waals surface area contributed by atoms with E-state index in [0.717, 1.165) is 24.2 Å². The SMILES string of the molecule is COc1ccc(CCCN)cc1COc1ccc(Cl)cc1Cl. The molecule has 0 spiro atoms. The van der Waals surface area contributed by atoms with Gasteiger partial charge >= 0.3 is 0 Å². The predicted molar refractivity (Wildman–Crippen MR) is 91.2 cm³/mol. The van der Waals surface area contributed by atoms with Gasteiger partial charge in [0.25, 0.3) is 0 Å². The van der Waals surface area contributed by atoms with Crippen molar-refractivity contribution in [1.82, 2.24) is 0 Å². The minimum absolute atomic E-state index is 0.376. The van der Waals surface area contributed by atoms with Crippen LogP contribution in [0.1, 0.15) is 17.5 Å². The van der Waals surface area contributed by atoms with Crippen molar-refractivity contribution in [2.24, 2.45) is 5.73 Å². The number of benzene rings is 2. The van der Waals surface area contributed by atoms with Crippen LogP contribution in [0.25, 0.3) is 0 Å². The van der Waals surface area contributed by atoms with Crippen LogP contribution in [0.5, 0.6) is 11.5 Å². The van der Waals surface area contributed by atoms with Gasteiger partial charge in [0, 0.05) is 10.6 Å². The molecule has 0 amide bonds. The Morgan fingerprint density at radius 2 is 1.82 bits per heavy atom. The van der Waals surface area contributed by atoms with Crippen molar-refractivity contribution in [1.29, 1.82) is 0 Å². The summed E-state index contributed by atoms with van der Waals surface area (Å²) in [6, 6.07) is 11.3. The second-order valence-electron chi connectivity index (χ2n) is 4.90. The first-order valence-corrected chi connectivity index (χ1v) is 7.83. The molecule has 2 N–H and O–H groups in total. The van der Waals surface area contributed by atoms with Gasteiger partial charge in [-0.3, -0.25) is 0 Å². The highest BCUT2D eigenvalue weighted by Crippen LogP contribution is 2.29. The molecular weight excluding hydrogens is 321 g/mol. The molecule has 2 aromatic rings. The lowest BCUT2D eigenvalue weighted by molar-refractivity contribution is 0.296. The van der Waals surface area contributed by atoms with E-state index in [2.05, 4.69) is 6.07 Å². The topological polar surface area (TPSA) is 44.5 Å². The molecule has 0 atom stereocenters. The third-order valence-corrected chi connectivity index (χ3v) is 3.82. The Morgan fingerprint density at radius 1 is 1.05 bits per heavy atom. The van der Waals surface area contributed by atoms with Crippen LogP contribution in [0.2, 0.25) is 10.0 Å². The number of nitrogens with two attached hydrogens (primary N) is 1. The summed E-state index contributed by atoms with van der Waals surface area (Å²) in [5.41, 5.74) is 7.75. The van der Waals surface area contributed by atoms with Gasteiger partial charge in [-0.1, -0.05) is 29.3 Å². The second-order valence-corrected chi connectivity index (χ2v) is 5.75. The highest BCUT2D eigenvalue weighted by Gasteiger charge is 2.08. The van der Waals surface area contributed by atoms with Gasteiger partial charge in [-0.15, -0.1) is 0 Å². The standard InChI is InChI=1S/C17H19Cl2NO2/c1-21-16-6-4-12(3-2-8-20)9-13(16)11-22-17-7-5-14(18)10-15(17)19/h4-7,9-10H,2-3,8,11,20H2,1H3. The molecule has 3 nitrogen and oxygen atoms in total. The predicted octanol–water partition coefficient (Wildman–Crippen LogP) is 4.47. The van der Waals surface area contributed by atoms with E-state index in [1.807, 2.05) is 12.1 Å². The minimum Gasteiger partial charge on any atom is -0.496 e. The molecule has 0 aromatic heterocycles. The van der Waals surface area contributed by atoms with Crippen LogP contribution in [0.3, 0.4) is 0 Å². The van der Waals surface area contributed by atoms with Crippen molar-refractivity contribution >= 4 is 23.2 Å². The summed E-state index contributed by atoms with van der Waals surface area (Å²) >= 11 is 12.0. The van der Waals surface area contributed by atoms with Crippen molar-refractivity contribution in [3.8, 4) is 11.5 Å². The summed E-state index contributed by atoms with van der Waals surface area (Å²) in [7, 11) is 1.65. The van der Waals surface area contributed by atoms with Crippen molar-refractivity contribution in [3.63, 3.8) is 0 Å². The molecule has 0 aliphatic heterocycles. The maximum atomic E-state index is 6.11. The van der Waals surface area contributed by atoms with Crippen LogP contribution in [0, 0.1) is 0 Å². The molecule has 5 heteroatoms. The number of hydrogen-bond acceptors (Lipinski definition) is 3.